The smallest absolute Gasteiger partial charge is 0.221 e. The fourth-order valence-corrected chi connectivity index (χ4v) is 1.94. The Labute approximate surface area is 116 Å². The first-order valence-electron chi connectivity index (χ1n) is 5.76. The van der Waals surface area contributed by atoms with Gasteiger partial charge >= 0.3 is 0 Å². The van der Waals surface area contributed by atoms with Gasteiger partial charge in [0.05, 0.1) is 11.3 Å². The fraction of sp³-hybridized carbons (Fsp3) is 0.385. The first-order valence-corrected chi connectivity index (χ1v) is 6.55. The van der Waals surface area contributed by atoms with Crippen molar-refractivity contribution in [1.82, 2.24) is 5.32 Å². The van der Waals surface area contributed by atoms with Crippen LogP contribution in [0.15, 0.2) is 22.7 Å². The first-order chi connectivity index (χ1) is 8.54. The van der Waals surface area contributed by atoms with Gasteiger partial charge in [0.25, 0.3) is 0 Å². The van der Waals surface area contributed by atoms with Crippen LogP contribution in [0.3, 0.4) is 0 Å². The van der Waals surface area contributed by atoms with Crippen molar-refractivity contribution in [2.75, 3.05) is 11.9 Å². The maximum absolute atomic E-state index is 11.4. The first kappa shape index (κ1) is 14.5. The molecule has 1 aromatic carbocycles. The minimum absolute atomic E-state index is 0.00556. The Morgan fingerprint density at radius 2 is 2.22 bits per heavy atom. The van der Waals surface area contributed by atoms with E-state index in [1.54, 1.807) is 0 Å². The Hall–Kier alpha value is -1.54. The molecule has 0 radical (unpaired) electrons. The Balaban J connectivity index is 2.52. The van der Waals surface area contributed by atoms with E-state index in [0.717, 1.165) is 10.2 Å². The number of nitrogens with one attached hydrogen (secondary N) is 2. The van der Waals surface area contributed by atoms with E-state index in [-0.39, 0.29) is 11.9 Å². The molecular formula is C13H16BrN3O. The average Bonchev–Trinajstić information content (AvgIpc) is 2.28. The number of nitriles is 1. The van der Waals surface area contributed by atoms with Gasteiger partial charge in [-0.15, -0.1) is 0 Å². The monoisotopic (exact) mass is 309 g/mol. The second-order valence-electron chi connectivity index (χ2n) is 4.17. The molecule has 1 amide bonds. The van der Waals surface area contributed by atoms with Crippen LogP contribution in [0.4, 0.5) is 5.69 Å². The lowest BCUT2D eigenvalue weighted by atomic mass is 10.2. The molecule has 18 heavy (non-hydrogen) atoms. The van der Waals surface area contributed by atoms with Crippen molar-refractivity contribution in [1.29, 1.82) is 5.26 Å². The van der Waals surface area contributed by atoms with Crippen LogP contribution in [0, 0.1) is 11.3 Å². The number of hydrogen-bond acceptors (Lipinski definition) is 3. The second kappa shape index (κ2) is 7.02. The van der Waals surface area contributed by atoms with Crippen molar-refractivity contribution in [3.8, 4) is 6.07 Å². The number of benzene rings is 1. The standard InChI is InChI=1S/C13H16BrN3O/c1-9(2)17-13(18)6-7-16-12-5-3-4-11(14)10(12)8-15/h3-5,9,16H,6-7H2,1-2H3,(H,17,18). The summed E-state index contributed by atoms with van der Waals surface area (Å²) in [6.07, 6.45) is 0.384. The number of amides is 1. The molecule has 0 saturated heterocycles. The number of rotatable bonds is 5. The average molecular weight is 310 g/mol. The molecule has 0 aliphatic carbocycles. The molecular weight excluding hydrogens is 294 g/mol. The highest BCUT2D eigenvalue weighted by Gasteiger charge is 2.07. The normalized spacial score (nSPS) is 9.94. The van der Waals surface area contributed by atoms with Crippen LogP contribution in [0.1, 0.15) is 25.8 Å². The third-order valence-electron chi connectivity index (χ3n) is 2.24. The van der Waals surface area contributed by atoms with Crippen molar-refractivity contribution < 1.29 is 4.79 Å². The van der Waals surface area contributed by atoms with E-state index in [1.165, 1.54) is 0 Å². The largest absolute Gasteiger partial charge is 0.383 e. The molecule has 1 aromatic rings. The third kappa shape index (κ3) is 4.38. The summed E-state index contributed by atoms with van der Waals surface area (Å²) < 4.78 is 0.752. The van der Waals surface area contributed by atoms with Gasteiger partial charge in [-0.1, -0.05) is 6.07 Å². The summed E-state index contributed by atoms with van der Waals surface area (Å²) in [7, 11) is 0. The third-order valence-corrected chi connectivity index (χ3v) is 2.90. The zero-order valence-corrected chi connectivity index (χ0v) is 12.0. The zero-order chi connectivity index (χ0) is 13.5. The van der Waals surface area contributed by atoms with Crippen LogP contribution < -0.4 is 10.6 Å². The van der Waals surface area contributed by atoms with Gasteiger partial charge in [0.15, 0.2) is 0 Å². The van der Waals surface area contributed by atoms with Gasteiger partial charge in [-0.05, 0) is 41.9 Å². The van der Waals surface area contributed by atoms with Crippen molar-refractivity contribution in [2.45, 2.75) is 26.3 Å². The van der Waals surface area contributed by atoms with Crippen LogP contribution in [0.2, 0.25) is 0 Å². The SMILES string of the molecule is CC(C)NC(=O)CCNc1cccc(Br)c1C#N. The number of carbonyl (C=O) groups is 1. The summed E-state index contributed by atoms with van der Waals surface area (Å²) in [4.78, 5) is 11.4. The summed E-state index contributed by atoms with van der Waals surface area (Å²) in [5, 5.41) is 14.9. The van der Waals surface area contributed by atoms with E-state index in [4.69, 9.17) is 5.26 Å². The summed E-state index contributed by atoms with van der Waals surface area (Å²) in [5.41, 5.74) is 1.30. The lowest BCUT2D eigenvalue weighted by Gasteiger charge is -2.11. The van der Waals surface area contributed by atoms with Crippen molar-refractivity contribution in [3.05, 3.63) is 28.2 Å². The molecule has 4 nitrogen and oxygen atoms in total. The minimum atomic E-state index is 0.00556. The molecule has 1 rings (SSSR count). The van der Waals surface area contributed by atoms with Gasteiger partial charge < -0.3 is 10.6 Å². The van der Waals surface area contributed by atoms with Crippen LogP contribution >= 0.6 is 15.9 Å². The molecule has 5 heteroatoms. The molecule has 0 aliphatic heterocycles. The highest BCUT2D eigenvalue weighted by atomic mass is 79.9. The maximum atomic E-state index is 11.4. The second-order valence-corrected chi connectivity index (χ2v) is 5.03. The minimum Gasteiger partial charge on any atom is -0.383 e. The number of halogens is 1. The molecule has 0 aliphatic rings. The van der Waals surface area contributed by atoms with Gasteiger partial charge in [-0.2, -0.15) is 5.26 Å². The highest BCUT2D eigenvalue weighted by Crippen LogP contribution is 2.23. The number of nitrogens with zero attached hydrogens (tertiary/aromatic N) is 1. The number of anilines is 1. The van der Waals surface area contributed by atoms with E-state index in [9.17, 15) is 4.79 Å². The number of hydrogen-bond donors (Lipinski definition) is 2. The van der Waals surface area contributed by atoms with Crippen LogP contribution in [0.25, 0.3) is 0 Å². The Morgan fingerprint density at radius 1 is 1.50 bits per heavy atom. The summed E-state index contributed by atoms with van der Waals surface area (Å²) in [5.74, 6) is 0.00556. The molecule has 0 fully saturated rings. The van der Waals surface area contributed by atoms with Gasteiger partial charge in [0, 0.05) is 23.5 Å². The van der Waals surface area contributed by atoms with Gasteiger partial charge in [0.1, 0.15) is 6.07 Å². The highest BCUT2D eigenvalue weighted by molar-refractivity contribution is 9.10. The quantitative estimate of drug-likeness (QED) is 0.879. The van der Waals surface area contributed by atoms with Gasteiger partial charge in [-0.25, -0.2) is 0 Å². The van der Waals surface area contributed by atoms with Crippen LogP contribution in [-0.2, 0) is 4.79 Å². The van der Waals surface area contributed by atoms with E-state index < -0.39 is 0 Å². The molecule has 0 heterocycles. The Bertz CT molecular complexity index is 466. The fourth-order valence-electron chi connectivity index (χ4n) is 1.49. The maximum Gasteiger partial charge on any atom is 0.221 e. The van der Waals surface area contributed by atoms with E-state index in [1.807, 2.05) is 32.0 Å². The van der Waals surface area contributed by atoms with Crippen LogP contribution in [-0.4, -0.2) is 18.5 Å². The van der Waals surface area contributed by atoms with E-state index in [2.05, 4.69) is 32.6 Å². The van der Waals surface area contributed by atoms with E-state index in [0.29, 0.717) is 18.5 Å². The summed E-state index contributed by atoms with van der Waals surface area (Å²) in [6.45, 7) is 4.35. The molecule has 0 unspecified atom stereocenters. The van der Waals surface area contributed by atoms with Gasteiger partial charge in [0.2, 0.25) is 5.91 Å². The lowest BCUT2D eigenvalue weighted by molar-refractivity contribution is -0.121. The number of carbonyl (C=O) groups excluding carboxylic acids is 1. The van der Waals surface area contributed by atoms with Crippen molar-refractivity contribution >= 4 is 27.5 Å². The van der Waals surface area contributed by atoms with Crippen molar-refractivity contribution in [2.24, 2.45) is 0 Å². The summed E-state index contributed by atoms with van der Waals surface area (Å²) >= 11 is 3.32. The Kier molecular flexibility index (Phi) is 5.66. The topological polar surface area (TPSA) is 64.9 Å². The lowest BCUT2D eigenvalue weighted by Crippen LogP contribution is -2.31. The van der Waals surface area contributed by atoms with E-state index >= 15 is 0 Å². The molecule has 0 bridgehead atoms. The van der Waals surface area contributed by atoms with Crippen LogP contribution in [0.5, 0.6) is 0 Å². The molecule has 0 saturated carbocycles. The predicted octanol–water partition coefficient (Wildman–Crippen LogP) is 2.65. The van der Waals surface area contributed by atoms with Gasteiger partial charge in [-0.3, -0.25) is 4.79 Å². The molecule has 96 valence electrons. The Morgan fingerprint density at radius 3 is 2.83 bits per heavy atom. The predicted molar refractivity (Wildman–Crippen MR) is 75.2 cm³/mol. The molecule has 0 spiro atoms. The molecule has 0 aromatic heterocycles. The molecule has 0 atom stereocenters. The zero-order valence-electron chi connectivity index (χ0n) is 10.5. The molecule has 2 N–H and O–H groups in total. The summed E-state index contributed by atoms with van der Waals surface area (Å²) in [6, 6.07) is 7.76. The van der Waals surface area contributed by atoms with Crippen molar-refractivity contribution in [3.63, 3.8) is 0 Å².